The molecule has 1 saturated heterocycles. The molecule has 1 aromatic carbocycles. The number of non-ortho nitro benzene ring substituents is 1. The van der Waals surface area contributed by atoms with Crippen LogP contribution in [0.1, 0.15) is 31.7 Å². The lowest BCUT2D eigenvalue weighted by Gasteiger charge is -2.37. The van der Waals surface area contributed by atoms with Crippen molar-refractivity contribution in [1.29, 1.82) is 0 Å². The van der Waals surface area contributed by atoms with Crippen LogP contribution in [-0.4, -0.2) is 17.8 Å². The smallest absolute Gasteiger partial charge is 0.269 e. The molecule has 0 bridgehead atoms. The minimum absolute atomic E-state index is 0.0918. The lowest BCUT2D eigenvalue weighted by atomic mass is 9.67. The third-order valence-electron chi connectivity index (χ3n) is 4.85. The molecule has 2 aliphatic rings. The molecule has 2 fully saturated rings. The van der Waals surface area contributed by atoms with Gasteiger partial charge in [-0.1, -0.05) is 19.1 Å². The molecule has 3 rings (SSSR count). The maximum absolute atomic E-state index is 10.7. The van der Waals surface area contributed by atoms with Crippen molar-refractivity contribution >= 4 is 5.69 Å². The number of hydrogen-bond acceptors (Lipinski definition) is 4. The molecular weight excluding hydrogens is 282 g/mol. The third-order valence-corrected chi connectivity index (χ3v) is 4.85. The van der Waals surface area contributed by atoms with Gasteiger partial charge in [-0.3, -0.25) is 10.1 Å². The number of fused-ring (bicyclic) bond motifs is 1. The highest BCUT2D eigenvalue weighted by molar-refractivity contribution is 5.32. The highest BCUT2D eigenvalue weighted by Crippen LogP contribution is 2.50. The molecule has 0 radical (unpaired) electrons. The summed E-state index contributed by atoms with van der Waals surface area (Å²) in [6, 6.07) is 6.44. The second-order valence-corrected chi connectivity index (χ2v) is 6.56. The van der Waals surface area contributed by atoms with E-state index < -0.39 is 4.92 Å². The van der Waals surface area contributed by atoms with Crippen LogP contribution in [0.2, 0.25) is 0 Å². The van der Waals surface area contributed by atoms with Crippen LogP contribution in [0, 0.1) is 21.4 Å². The highest BCUT2D eigenvalue weighted by Gasteiger charge is 2.49. The van der Waals surface area contributed by atoms with Crippen LogP contribution in [0.4, 0.5) is 5.69 Å². The summed E-state index contributed by atoms with van der Waals surface area (Å²) >= 11 is 0. The van der Waals surface area contributed by atoms with Crippen molar-refractivity contribution in [2.75, 3.05) is 6.61 Å². The SMILES string of the molecule is C=C1CCC[C@@]2(C)CO[C@H](OCc3ccc([N+](=O)[O-])cc3)[C@@H]12. The fraction of sp³-hybridized carbons (Fsp3) is 0.529. The van der Waals surface area contributed by atoms with Crippen molar-refractivity contribution < 1.29 is 14.4 Å². The summed E-state index contributed by atoms with van der Waals surface area (Å²) in [7, 11) is 0. The normalized spacial score (nSPS) is 31.0. The van der Waals surface area contributed by atoms with E-state index in [2.05, 4.69) is 13.5 Å². The predicted molar refractivity (Wildman–Crippen MR) is 82.2 cm³/mol. The van der Waals surface area contributed by atoms with Crippen LogP contribution in [0.3, 0.4) is 0 Å². The maximum Gasteiger partial charge on any atom is 0.269 e. The Hall–Kier alpha value is -1.72. The molecule has 1 aliphatic carbocycles. The summed E-state index contributed by atoms with van der Waals surface area (Å²) in [5.74, 6) is 0.249. The van der Waals surface area contributed by atoms with Gasteiger partial charge in [-0.25, -0.2) is 0 Å². The van der Waals surface area contributed by atoms with Gasteiger partial charge in [0, 0.05) is 23.5 Å². The van der Waals surface area contributed by atoms with Gasteiger partial charge in [0.25, 0.3) is 5.69 Å². The Labute approximate surface area is 130 Å². The molecule has 118 valence electrons. The van der Waals surface area contributed by atoms with Gasteiger partial charge < -0.3 is 9.47 Å². The summed E-state index contributed by atoms with van der Waals surface area (Å²) in [5, 5.41) is 10.7. The first-order valence-electron chi connectivity index (χ1n) is 7.64. The van der Waals surface area contributed by atoms with Crippen molar-refractivity contribution in [2.45, 2.75) is 39.1 Å². The standard InChI is InChI=1S/C17H21NO4/c1-12-4-3-9-17(2)11-22-16(15(12)17)21-10-13-5-7-14(8-6-13)18(19)20/h5-8,15-16H,1,3-4,9-11H2,2H3/t15-,16+,17+/m1/s1. The van der Waals surface area contributed by atoms with Crippen LogP contribution in [0.15, 0.2) is 36.4 Å². The number of nitrogens with zero attached hydrogens (tertiary/aromatic N) is 1. The molecule has 1 heterocycles. The fourth-order valence-corrected chi connectivity index (χ4v) is 3.61. The van der Waals surface area contributed by atoms with E-state index in [1.54, 1.807) is 12.1 Å². The van der Waals surface area contributed by atoms with E-state index in [0.29, 0.717) is 13.2 Å². The number of rotatable bonds is 4. The first-order chi connectivity index (χ1) is 10.5. The molecule has 3 atom stereocenters. The summed E-state index contributed by atoms with van der Waals surface area (Å²) < 4.78 is 11.8. The first kappa shape index (κ1) is 15.2. The Morgan fingerprint density at radius 2 is 2.18 bits per heavy atom. The fourth-order valence-electron chi connectivity index (χ4n) is 3.61. The monoisotopic (exact) mass is 303 g/mol. The van der Waals surface area contributed by atoms with Crippen LogP contribution >= 0.6 is 0 Å². The van der Waals surface area contributed by atoms with Gasteiger partial charge in [-0.2, -0.15) is 0 Å². The molecule has 0 unspecified atom stereocenters. The van der Waals surface area contributed by atoms with Crippen molar-refractivity contribution in [3.8, 4) is 0 Å². The van der Waals surface area contributed by atoms with E-state index in [9.17, 15) is 10.1 Å². The Bertz CT molecular complexity index is 583. The van der Waals surface area contributed by atoms with E-state index in [0.717, 1.165) is 18.4 Å². The Kier molecular flexibility index (Phi) is 4.02. The van der Waals surface area contributed by atoms with Crippen LogP contribution in [0.25, 0.3) is 0 Å². The second-order valence-electron chi connectivity index (χ2n) is 6.56. The second kappa shape index (κ2) is 5.82. The van der Waals surface area contributed by atoms with Crippen molar-refractivity contribution in [2.24, 2.45) is 11.3 Å². The topological polar surface area (TPSA) is 61.6 Å². The summed E-state index contributed by atoms with van der Waals surface area (Å²) in [5.41, 5.74) is 2.36. The average Bonchev–Trinajstić information content (AvgIpc) is 2.84. The number of ether oxygens (including phenoxy) is 2. The number of nitro benzene ring substituents is 1. The molecular formula is C17H21NO4. The van der Waals surface area contributed by atoms with E-state index in [4.69, 9.17) is 9.47 Å². The Balaban J connectivity index is 1.64. The zero-order valence-corrected chi connectivity index (χ0v) is 12.8. The first-order valence-corrected chi connectivity index (χ1v) is 7.64. The molecule has 1 aromatic rings. The number of hydrogen-bond donors (Lipinski definition) is 0. The van der Waals surface area contributed by atoms with Gasteiger partial charge in [0.2, 0.25) is 0 Å². The highest BCUT2D eigenvalue weighted by atomic mass is 16.7. The van der Waals surface area contributed by atoms with E-state index in [1.165, 1.54) is 24.1 Å². The summed E-state index contributed by atoms with van der Waals surface area (Å²) in [6.45, 7) is 7.55. The largest absolute Gasteiger partial charge is 0.351 e. The molecule has 5 heteroatoms. The predicted octanol–water partition coefficient (Wildman–Crippen LogP) is 3.83. The summed E-state index contributed by atoms with van der Waals surface area (Å²) in [6.07, 6.45) is 3.10. The van der Waals surface area contributed by atoms with Gasteiger partial charge in [0.15, 0.2) is 6.29 Å². The van der Waals surface area contributed by atoms with E-state index >= 15 is 0 Å². The number of benzene rings is 1. The van der Waals surface area contributed by atoms with E-state index in [-0.39, 0.29) is 23.3 Å². The molecule has 5 nitrogen and oxygen atoms in total. The minimum atomic E-state index is -0.401. The molecule has 0 N–H and O–H groups in total. The van der Waals surface area contributed by atoms with Crippen molar-refractivity contribution in [1.82, 2.24) is 0 Å². The van der Waals surface area contributed by atoms with Gasteiger partial charge in [-0.15, -0.1) is 0 Å². The molecule has 22 heavy (non-hydrogen) atoms. The van der Waals surface area contributed by atoms with Crippen molar-refractivity contribution in [3.63, 3.8) is 0 Å². The Morgan fingerprint density at radius 1 is 1.45 bits per heavy atom. The number of nitro groups is 1. The molecule has 0 aromatic heterocycles. The average molecular weight is 303 g/mol. The molecule has 0 spiro atoms. The quantitative estimate of drug-likeness (QED) is 0.482. The van der Waals surface area contributed by atoms with Crippen LogP contribution < -0.4 is 0 Å². The molecule has 0 amide bonds. The van der Waals surface area contributed by atoms with E-state index in [1.807, 2.05) is 0 Å². The van der Waals surface area contributed by atoms with Gasteiger partial charge in [-0.05, 0) is 37.0 Å². The third kappa shape index (κ3) is 2.78. The molecule has 1 aliphatic heterocycles. The van der Waals surface area contributed by atoms with Crippen LogP contribution in [0.5, 0.6) is 0 Å². The lowest BCUT2D eigenvalue weighted by molar-refractivity contribution is -0.384. The molecule has 1 saturated carbocycles. The zero-order valence-electron chi connectivity index (χ0n) is 12.8. The summed E-state index contributed by atoms with van der Waals surface area (Å²) in [4.78, 5) is 10.3. The minimum Gasteiger partial charge on any atom is -0.351 e. The zero-order chi connectivity index (χ0) is 15.7. The van der Waals surface area contributed by atoms with Gasteiger partial charge in [0.1, 0.15) is 0 Å². The van der Waals surface area contributed by atoms with Crippen LogP contribution in [-0.2, 0) is 16.1 Å². The Morgan fingerprint density at radius 3 is 2.86 bits per heavy atom. The lowest BCUT2D eigenvalue weighted by Crippen LogP contribution is -2.35. The van der Waals surface area contributed by atoms with Gasteiger partial charge >= 0.3 is 0 Å². The maximum atomic E-state index is 10.7. The van der Waals surface area contributed by atoms with Gasteiger partial charge in [0.05, 0.1) is 18.1 Å². The van der Waals surface area contributed by atoms with Crippen molar-refractivity contribution in [3.05, 3.63) is 52.1 Å².